The second-order valence-corrected chi connectivity index (χ2v) is 8.73. The molecule has 5 rings (SSSR count). The SMILES string of the molecule is O=C1c2ccccc2C(=O)N1CCCC(=C1C=CC=C1)C(c1ccc(O)cc1)c1ccc(O)cc1. The Morgan fingerprint density at radius 1 is 0.714 bits per heavy atom. The fraction of sp³-hybridized carbons (Fsp3) is 0.133. The number of benzene rings is 3. The number of amides is 2. The Morgan fingerprint density at radius 3 is 1.69 bits per heavy atom. The Morgan fingerprint density at radius 2 is 1.20 bits per heavy atom. The van der Waals surface area contributed by atoms with Gasteiger partial charge in [0.2, 0.25) is 0 Å². The molecule has 0 aromatic heterocycles. The van der Waals surface area contributed by atoms with Crippen LogP contribution in [0.25, 0.3) is 0 Å². The highest BCUT2D eigenvalue weighted by atomic mass is 16.3. The Balaban J connectivity index is 1.45. The number of carbonyl (C=O) groups excluding carboxylic acids is 2. The van der Waals surface area contributed by atoms with Gasteiger partial charge in [0.05, 0.1) is 11.1 Å². The van der Waals surface area contributed by atoms with E-state index in [1.165, 1.54) is 4.90 Å². The first-order chi connectivity index (χ1) is 17.0. The molecule has 0 bridgehead atoms. The number of carbonyl (C=O) groups is 2. The second-order valence-electron chi connectivity index (χ2n) is 8.73. The van der Waals surface area contributed by atoms with Gasteiger partial charge in [-0.05, 0) is 65.9 Å². The Hall–Kier alpha value is -4.38. The molecule has 3 aromatic carbocycles. The quantitative estimate of drug-likeness (QED) is 0.439. The minimum Gasteiger partial charge on any atom is -0.508 e. The van der Waals surface area contributed by atoms with E-state index in [0.717, 1.165) is 22.3 Å². The summed E-state index contributed by atoms with van der Waals surface area (Å²) in [4.78, 5) is 26.9. The van der Waals surface area contributed by atoms with Crippen LogP contribution < -0.4 is 0 Å². The fourth-order valence-electron chi connectivity index (χ4n) is 4.84. The molecule has 1 aliphatic carbocycles. The smallest absolute Gasteiger partial charge is 0.261 e. The minimum atomic E-state index is -0.242. The molecule has 1 heterocycles. The van der Waals surface area contributed by atoms with Gasteiger partial charge in [-0.2, -0.15) is 0 Å². The number of phenolic OH excluding ortho intramolecular Hbond substituents is 2. The molecule has 0 fully saturated rings. The van der Waals surface area contributed by atoms with E-state index in [4.69, 9.17) is 0 Å². The van der Waals surface area contributed by atoms with Crippen molar-refractivity contribution in [1.82, 2.24) is 4.90 Å². The summed E-state index contributed by atoms with van der Waals surface area (Å²) in [7, 11) is 0. The van der Waals surface area contributed by atoms with Gasteiger partial charge < -0.3 is 10.2 Å². The van der Waals surface area contributed by atoms with Crippen molar-refractivity contribution in [2.24, 2.45) is 0 Å². The molecule has 5 heteroatoms. The van der Waals surface area contributed by atoms with Gasteiger partial charge in [0.1, 0.15) is 11.5 Å². The van der Waals surface area contributed by atoms with E-state index in [2.05, 4.69) is 12.2 Å². The van der Waals surface area contributed by atoms with Crippen molar-refractivity contribution in [3.05, 3.63) is 131 Å². The first-order valence-corrected chi connectivity index (χ1v) is 11.6. The first kappa shape index (κ1) is 22.4. The first-order valence-electron chi connectivity index (χ1n) is 11.6. The van der Waals surface area contributed by atoms with E-state index in [-0.39, 0.29) is 29.2 Å². The summed E-state index contributed by atoms with van der Waals surface area (Å²) in [6.07, 6.45) is 9.37. The van der Waals surface area contributed by atoms with Crippen LogP contribution in [0.5, 0.6) is 11.5 Å². The monoisotopic (exact) mass is 463 g/mol. The summed E-state index contributed by atoms with van der Waals surface area (Å²) in [5.41, 5.74) is 5.16. The molecule has 0 saturated carbocycles. The van der Waals surface area contributed by atoms with Crippen LogP contribution in [0.1, 0.15) is 50.6 Å². The predicted octanol–water partition coefficient (Wildman–Crippen LogP) is 5.73. The van der Waals surface area contributed by atoms with Crippen molar-refractivity contribution >= 4 is 11.8 Å². The third-order valence-corrected chi connectivity index (χ3v) is 6.54. The highest BCUT2D eigenvalue weighted by Crippen LogP contribution is 2.39. The maximum absolute atomic E-state index is 12.8. The summed E-state index contributed by atoms with van der Waals surface area (Å²) in [6, 6.07) is 21.2. The van der Waals surface area contributed by atoms with Gasteiger partial charge in [-0.15, -0.1) is 0 Å². The Labute approximate surface area is 204 Å². The Kier molecular flexibility index (Phi) is 6.06. The molecule has 0 spiro atoms. The van der Waals surface area contributed by atoms with E-state index in [1.807, 2.05) is 36.4 Å². The number of fused-ring (bicyclic) bond motifs is 1. The molecule has 2 amide bonds. The lowest BCUT2D eigenvalue weighted by Crippen LogP contribution is -2.30. The molecule has 2 N–H and O–H groups in total. The van der Waals surface area contributed by atoms with Crippen molar-refractivity contribution < 1.29 is 19.8 Å². The van der Waals surface area contributed by atoms with Gasteiger partial charge in [-0.3, -0.25) is 14.5 Å². The van der Waals surface area contributed by atoms with Gasteiger partial charge in [0.15, 0.2) is 0 Å². The van der Waals surface area contributed by atoms with E-state index < -0.39 is 0 Å². The van der Waals surface area contributed by atoms with Crippen molar-refractivity contribution in [2.45, 2.75) is 18.8 Å². The van der Waals surface area contributed by atoms with E-state index in [9.17, 15) is 19.8 Å². The van der Waals surface area contributed by atoms with Crippen LogP contribution >= 0.6 is 0 Å². The normalized spacial score (nSPS) is 14.3. The van der Waals surface area contributed by atoms with Gasteiger partial charge >= 0.3 is 0 Å². The Bertz CT molecular complexity index is 1270. The number of imide groups is 1. The lowest BCUT2D eigenvalue weighted by Gasteiger charge is -2.25. The molecule has 3 aromatic rings. The van der Waals surface area contributed by atoms with Crippen LogP contribution in [-0.2, 0) is 0 Å². The van der Waals surface area contributed by atoms with Crippen LogP contribution in [0.2, 0.25) is 0 Å². The molecular formula is C30H25NO4. The molecule has 0 unspecified atom stereocenters. The third-order valence-electron chi connectivity index (χ3n) is 6.54. The number of phenols is 2. The maximum atomic E-state index is 12.8. The second kappa shape index (κ2) is 9.47. The molecule has 174 valence electrons. The van der Waals surface area contributed by atoms with Gasteiger partial charge in [-0.25, -0.2) is 0 Å². The highest BCUT2D eigenvalue weighted by molar-refractivity contribution is 6.21. The average Bonchev–Trinajstić information content (AvgIpc) is 3.49. The summed E-state index contributed by atoms with van der Waals surface area (Å²) in [5, 5.41) is 19.7. The number of allylic oxidation sites excluding steroid dienone is 6. The van der Waals surface area contributed by atoms with E-state index in [0.29, 0.717) is 30.5 Å². The average molecular weight is 464 g/mol. The molecule has 0 atom stereocenters. The summed E-state index contributed by atoms with van der Waals surface area (Å²) >= 11 is 0. The van der Waals surface area contributed by atoms with Gasteiger partial charge in [0.25, 0.3) is 11.8 Å². The fourth-order valence-corrected chi connectivity index (χ4v) is 4.84. The van der Waals surface area contributed by atoms with Gasteiger partial charge in [0, 0.05) is 12.5 Å². The number of aromatic hydroxyl groups is 2. The van der Waals surface area contributed by atoms with Crippen molar-refractivity contribution in [1.29, 1.82) is 0 Å². The van der Waals surface area contributed by atoms with E-state index >= 15 is 0 Å². The number of nitrogens with zero attached hydrogens (tertiary/aromatic N) is 1. The van der Waals surface area contributed by atoms with Crippen molar-refractivity contribution in [3.8, 4) is 11.5 Å². The number of hydrogen-bond donors (Lipinski definition) is 2. The number of hydrogen-bond acceptors (Lipinski definition) is 4. The van der Waals surface area contributed by atoms with E-state index in [1.54, 1.807) is 48.5 Å². The summed E-state index contributed by atoms with van der Waals surface area (Å²) in [5.74, 6) is -0.221. The van der Waals surface area contributed by atoms with Crippen LogP contribution in [0.15, 0.2) is 108 Å². The zero-order chi connectivity index (χ0) is 24.4. The highest BCUT2D eigenvalue weighted by Gasteiger charge is 2.34. The third kappa shape index (κ3) is 4.41. The van der Waals surface area contributed by atoms with Gasteiger partial charge in [-0.1, -0.05) is 66.3 Å². The molecule has 0 radical (unpaired) electrons. The molecule has 35 heavy (non-hydrogen) atoms. The maximum Gasteiger partial charge on any atom is 0.261 e. The van der Waals surface area contributed by atoms with Crippen LogP contribution in [-0.4, -0.2) is 33.5 Å². The standard InChI is InChI=1S/C30H25NO4/c32-23-15-11-21(12-16-23)28(22-13-17-24(33)18-14-22)25(20-6-1-2-7-20)10-5-19-31-29(34)26-8-3-4-9-27(26)30(31)35/h1-4,6-9,11-18,28,32-33H,5,10,19H2. The molecule has 5 nitrogen and oxygen atoms in total. The molecule has 2 aliphatic rings. The predicted molar refractivity (Wildman–Crippen MR) is 134 cm³/mol. The summed E-state index contributed by atoms with van der Waals surface area (Å²) < 4.78 is 0. The zero-order valence-electron chi connectivity index (χ0n) is 19.1. The number of rotatable bonds is 7. The lowest BCUT2D eigenvalue weighted by atomic mass is 9.80. The lowest BCUT2D eigenvalue weighted by molar-refractivity contribution is 0.0652. The zero-order valence-corrected chi connectivity index (χ0v) is 19.1. The molecule has 1 aliphatic heterocycles. The summed E-state index contributed by atoms with van der Waals surface area (Å²) in [6.45, 7) is 0.328. The molecule has 0 saturated heterocycles. The minimum absolute atomic E-state index is 0.124. The van der Waals surface area contributed by atoms with Crippen LogP contribution in [0, 0.1) is 0 Å². The topological polar surface area (TPSA) is 77.8 Å². The van der Waals surface area contributed by atoms with Crippen LogP contribution in [0.4, 0.5) is 0 Å². The largest absolute Gasteiger partial charge is 0.508 e. The molecular weight excluding hydrogens is 438 g/mol. The van der Waals surface area contributed by atoms with Crippen molar-refractivity contribution in [2.75, 3.05) is 6.54 Å². The van der Waals surface area contributed by atoms with Crippen molar-refractivity contribution in [3.63, 3.8) is 0 Å². The van der Waals surface area contributed by atoms with Crippen LogP contribution in [0.3, 0.4) is 0 Å².